The summed E-state index contributed by atoms with van der Waals surface area (Å²) in [5.41, 5.74) is 1.07. The molecule has 0 bridgehead atoms. The molecule has 0 fully saturated rings. The quantitative estimate of drug-likeness (QED) is 0.768. The first kappa shape index (κ1) is 18.9. The van der Waals surface area contributed by atoms with Gasteiger partial charge in [-0.3, -0.25) is 9.59 Å². The van der Waals surface area contributed by atoms with Gasteiger partial charge in [0.05, 0.1) is 11.3 Å². The molecule has 0 saturated carbocycles. The molecular weight excluding hydrogens is 347 g/mol. The number of benzene rings is 2. The fraction of sp³-hybridized carbons (Fsp3) is 0.333. The van der Waals surface area contributed by atoms with Crippen LogP contribution in [0.15, 0.2) is 42.5 Å². The lowest BCUT2D eigenvalue weighted by Crippen LogP contribution is -2.44. The number of nitrogens with zero attached hydrogens (tertiary/aromatic N) is 1. The normalized spacial score (nSPS) is 15.9. The van der Waals surface area contributed by atoms with Gasteiger partial charge in [-0.2, -0.15) is 0 Å². The molecule has 1 aliphatic rings. The first-order chi connectivity index (χ1) is 13.0. The second kappa shape index (κ2) is 8.20. The standard InChI is InChI=1S/C21H23FN2O3/c1-3-4-7-12-24-18-13-15(10-11-19(18)27-14(2)21(24)26)23-20(25)16-8-5-6-9-17(16)22/h5-6,8-11,13-14H,3-4,7,12H2,1-2H3,(H,23,25). The van der Waals surface area contributed by atoms with Gasteiger partial charge in [-0.1, -0.05) is 31.9 Å². The highest BCUT2D eigenvalue weighted by molar-refractivity contribution is 6.05. The molecule has 1 unspecified atom stereocenters. The maximum atomic E-state index is 13.8. The number of fused-ring (bicyclic) bond motifs is 1. The minimum absolute atomic E-state index is 0.0315. The van der Waals surface area contributed by atoms with Gasteiger partial charge in [-0.15, -0.1) is 0 Å². The van der Waals surface area contributed by atoms with Crippen LogP contribution >= 0.6 is 0 Å². The van der Waals surface area contributed by atoms with Crippen molar-refractivity contribution in [3.05, 3.63) is 53.8 Å². The van der Waals surface area contributed by atoms with E-state index >= 15 is 0 Å². The van der Waals surface area contributed by atoms with Gasteiger partial charge in [0.2, 0.25) is 0 Å². The molecule has 2 amide bonds. The highest BCUT2D eigenvalue weighted by Crippen LogP contribution is 2.36. The Kier molecular flexibility index (Phi) is 5.74. The van der Waals surface area contributed by atoms with Crippen molar-refractivity contribution in [1.29, 1.82) is 0 Å². The lowest BCUT2D eigenvalue weighted by molar-refractivity contribution is -0.125. The Hall–Kier alpha value is -2.89. The predicted octanol–water partition coefficient (Wildman–Crippen LogP) is 4.38. The second-order valence-electron chi connectivity index (χ2n) is 6.57. The molecule has 0 aromatic heterocycles. The third-order valence-corrected chi connectivity index (χ3v) is 4.53. The molecule has 6 heteroatoms. The number of hydrogen-bond acceptors (Lipinski definition) is 3. The Bertz CT molecular complexity index is 853. The number of hydrogen-bond donors (Lipinski definition) is 1. The molecule has 1 N–H and O–H groups in total. The summed E-state index contributed by atoms with van der Waals surface area (Å²) in [6.07, 6.45) is 2.43. The van der Waals surface area contributed by atoms with Gasteiger partial charge in [0, 0.05) is 12.2 Å². The number of ether oxygens (including phenoxy) is 1. The van der Waals surface area contributed by atoms with Crippen molar-refractivity contribution in [3.63, 3.8) is 0 Å². The van der Waals surface area contributed by atoms with Crippen LogP contribution in [0, 0.1) is 5.82 Å². The van der Waals surface area contributed by atoms with Gasteiger partial charge in [0.1, 0.15) is 11.6 Å². The average Bonchev–Trinajstić information content (AvgIpc) is 2.65. The number of carbonyl (C=O) groups is 2. The summed E-state index contributed by atoms with van der Waals surface area (Å²) in [5.74, 6) is -0.623. The van der Waals surface area contributed by atoms with Crippen molar-refractivity contribution in [2.24, 2.45) is 0 Å². The summed E-state index contributed by atoms with van der Waals surface area (Å²) < 4.78 is 19.5. The SMILES string of the molecule is CCCCCN1C(=O)C(C)Oc2ccc(NC(=O)c3ccccc3F)cc21. The van der Waals surface area contributed by atoms with Crippen molar-refractivity contribution in [2.75, 3.05) is 16.8 Å². The van der Waals surface area contributed by atoms with Crippen LogP contribution in [-0.4, -0.2) is 24.5 Å². The van der Waals surface area contributed by atoms with E-state index in [2.05, 4.69) is 12.2 Å². The highest BCUT2D eigenvalue weighted by Gasteiger charge is 2.31. The molecule has 0 aliphatic carbocycles. The van der Waals surface area contributed by atoms with E-state index in [4.69, 9.17) is 4.74 Å². The molecule has 2 aromatic carbocycles. The summed E-state index contributed by atoms with van der Waals surface area (Å²) in [4.78, 5) is 26.6. The van der Waals surface area contributed by atoms with E-state index in [0.29, 0.717) is 23.7 Å². The van der Waals surface area contributed by atoms with Crippen LogP contribution in [0.5, 0.6) is 5.75 Å². The lowest BCUT2D eigenvalue weighted by atomic mass is 10.1. The molecule has 1 heterocycles. The highest BCUT2D eigenvalue weighted by atomic mass is 19.1. The van der Waals surface area contributed by atoms with E-state index in [1.54, 1.807) is 36.1 Å². The topological polar surface area (TPSA) is 58.6 Å². The minimum atomic E-state index is -0.582. The molecule has 0 radical (unpaired) electrons. The number of rotatable bonds is 6. The molecule has 1 aliphatic heterocycles. The number of nitrogens with one attached hydrogen (secondary N) is 1. The third-order valence-electron chi connectivity index (χ3n) is 4.53. The van der Waals surface area contributed by atoms with Gasteiger partial charge in [0.25, 0.3) is 11.8 Å². The van der Waals surface area contributed by atoms with Crippen molar-refractivity contribution < 1.29 is 18.7 Å². The summed E-state index contributed by atoms with van der Waals surface area (Å²) in [5, 5.41) is 2.69. The van der Waals surface area contributed by atoms with Gasteiger partial charge >= 0.3 is 0 Å². The summed E-state index contributed by atoms with van der Waals surface area (Å²) in [7, 11) is 0. The van der Waals surface area contributed by atoms with E-state index in [9.17, 15) is 14.0 Å². The van der Waals surface area contributed by atoms with Crippen LogP contribution in [0.25, 0.3) is 0 Å². The molecule has 0 spiro atoms. The van der Waals surface area contributed by atoms with Crippen LogP contribution in [-0.2, 0) is 4.79 Å². The lowest BCUT2D eigenvalue weighted by Gasteiger charge is -2.33. The third kappa shape index (κ3) is 4.10. The fourth-order valence-electron chi connectivity index (χ4n) is 3.08. The number of carbonyl (C=O) groups excluding carboxylic acids is 2. The largest absolute Gasteiger partial charge is 0.479 e. The number of halogens is 1. The average molecular weight is 370 g/mol. The van der Waals surface area contributed by atoms with Gasteiger partial charge < -0.3 is 15.0 Å². The maximum absolute atomic E-state index is 13.8. The zero-order valence-electron chi connectivity index (χ0n) is 15.5. The minimum Gasteiger partial charge on any atom is -0.479 e. The molecular formula is C21H23FN2O3. The first-order valence-electron chi connectivity index (χ1n) is 9.19. The summed E-state index contributed by atoms with van der Waals surface area (Å²) in [6.45, 7) is 4.43. The number of anilines is 2. The van der Waals surface area contributed by atoms with Gasteiger partial charge in [0.15, 0.2) is 6.10 Å². The Morgan fingerprint density at radius 3 is 2.74 bits per heavy atom. The van der Waals surface area contributed by atoms with Crippen molar-refractivity contribution >= 4 is 23.2 Å². The molecule has 27 heavy (non-hydrogen) atoms. The van der Waals surface area contributed by atoms with Crippen molar-refractivity contribution in [1.82, 2.24) is 0 Å². The van der Waals surface area contributed by atoms with Crippen LogP contribution in [0.4, 0.5) is 15.8 Å². The fourth-order valence-corrected chi connectivity index (χ4v) is 3.08. The van der Waals surface area contributed by atoms with E-state index in [1.807, 2.05) is 0 Å². The number of amides is 2. The van der Waals surface area contributed by atoms with E-state index in [0.717, 1.165) is 19.3 Å². The summed E-state index contributed by atoms with van der Waals surface area (Å²) >= 11 is 0. The van der Waals surface area contributed by atoms with Crippen LogP contribution < -0.4 is 15.0 Å². The van der Waals surface area contributed by atoms with Crippen molar-refractivity contribution in [3.8, 4) is 5.75 Å². The monoisotopic (exact) mass is 370 g/mol. The Morgan fingerprint density at radius 2 is 2.00 bits per heavy atom. The maximum Gasteiger partial charge on any atom is 0.267 e. The van der Waals surface area contributed by atoms with Crippen LogP contribution in [0.3, 0.4) is 0 Å². The first-order valence-corrected chi connectivity index (χ1v) is 9.19. The van der Waals surface area contributed by atoms with Crippen molar-refractivity contribution in [2.45, 2.75) is 39.2 Å². The van der Waals surface area contributed by atoms with E-state index in [-0.39, 0.29) is 11.5 Å². The zero-order chi connectivity index (χ0) is 19.4. The van der Waals surface area contributed by atoms with E-state index in [1.165, 1.54) is 18.2 Å². The Balaban J connectivity index is 1.84. The zero-order valence-corrected chi connectivity index (χ0v) is 15.5. The predicted molar refractivity (Wildman–Crippen MR) is 103 cm³/mol. The molecule has 0 saturated heterocycles. The molecule has 3 rings (SSSR count). The van der Waals surface area contributed by atoms with E-state index < -0.39 is 17.8 Å². The smallest absolute Gasteiger partial charge is 0.267 e. The Morgan fingerprint density at radius 1 is 1.22 bits per heavy atom. The summed E-state index contributed by atoms with van der Waals surface area (Å²) in [6, 6.07) is 10.9. The van der Waals surface area contributed by atoms with Crippen LogP contribution in [0.1, 0.15) is 43.5 Å². The van der Waals surface area contributed by atoms with Gasteiger partial charge in [-0.25, -0.2) is 4.39 Å². The second-order valence-corrected chi connectivity index (χ2v) is 6.57. The van der Waals surface area contributed by atoms with Crippen LogP contribution in [0.2, 0.25) is 0 Å². The molecule has 1 atom stereocenters. The Labute approximate surface area is 158 Å². The van der Waals surface area contributed by atoms with Gasteiger partial charge in [-0.05, 0) is 43.7 Å². The molecule has 2 aromatic rings. The molecule has 5 nitrogen and oxygen atoms in total. The molecule has 142 valence electrons. The number of unbranched alkanes of at least 4 members (excludes halogenated alkanes) is 2.